The van der Waals surface area contributed by atoms with Crippen molar-refractivity contribution in [2.75, 3.05) is 13.2 Å². The third-order valence-corrected chi connectivity index (χ3v) is 21.8. The van der Waals surface area contributed by atoms with Crippen LogP contribution in [-0.2, 0) is 51.9 Å². The van der Waals surface area contributed by atoms with Crippen LogP contribution >= 0.6 is 7.82 Å². The number of aliphatic hydroxyl groups is 2. The molecule has 11 unspecified atom stereocenters. The number of fused-ring (bicyclic) bond motifs is 7. The molecule has 1 aromatic carbocycles. The van der Waals surface area contributed by atoms with E-state index in [2.05, 4.69) is 15.6 Å². The van der Waals surface area contributed by atoms with Gasteiger partial charge >= 0.3 is 7.82 Å². The molecule has 90 heavy (non-hydrogen) atoms. The normalized spacial score (nSPS) is 32.0. The third kappa shape index (κ3) is 13.0. The number of aryl methyl sites for hydroxylation is 2. The highest BCUT2D eigenvalue weighted by atomic mass is 31.2. The molecular formula is C62H91N13O14P+. The number of imidazole rings is 1. The number of amides is 7. The molecule has 8 rings (SSSR count). The average molecular weight is 1270 g/mol. The second-order valence-corrected chi connectivity index (χ2v) is 28.5. The maximum absolute atomic E-state index is 14.4. The zero-order chi connectivity index (χ0) is 66.7. The lowest BCUT2D eigenvalue weighted by atomic mass is 9.55. The van der Waals surface area contributed by atoms with E-state index < -0.39 is 143 Å². The van der Waals surface area contributed by atoms with Crippen molar-refractivity contribution >= 4 is 77.3 Å². The first-order valence-corrected chi connectivity index (χ1v) is 32.1. The van der Waals surface area contributed by atoms with Crippen LogP contribution in [0.3, 0.4) is 0 Å². The Morgan fingerprint density at radius 3 is 1.99 bits per heavy atom. The van der Waals surface area contributed by atoms with E-state index in [0.717, 1.165) is 16.6 Å². The molecule has 1 aromatic heterocycles. The molecule has 28 heteroatoms. The molecule has 2 saturated heterocycles. The van der Waals surface area contributed by atoms with Gasteiger partial charge < -0.3 is 64.9 Å². The van der Waals surface area contributed by atoms with E-state index >= 15 is 0 Å². The zero-order valence-corrected chi connectivity index (χ0v) is 54.2. The van der Waals surface area contributed by atoms with Gasteiger partial charge in [0.1, 0.15) is 18.3 Å². The van der Waals surface area contributed by atoms with Crippen LogP contribution in [0.2, 0.25) is 0 Å². The van der Waals surface area contributed by atoms with E-state index in [0.29, 0.717) is 50.9 Å². The number of aromatic amines is 1. The second-order valence-electron chi connectivity index (χ2n) is 27.1. The van der Waals surface area contributed by atoms with E-state index in [-0.39, 0.29) is 77.2 Å². The number of carbonyl (C=O) groups is 7. The fraction of sp³-hybridized carbons (Fsp3) is 0.629. The van der Waals surface area contributed by atoms with Gasteiger partial charge in [-0.15, -0.1) is 0 Å². The van der Waals surface area contributed by atoms with Crippen molar-refractivity contribution in [1.82, 2.24) is 15.6 Å². The van der Waals surface area contributed by atoms with Crippen LogP contribution in [0.15, 0.2) is 67.8 Å². The number of carbonyl (C=O) groups excluding carboxylic acids is 7. The maximum Gasteiger partial charge on any atom is 0.472 e. The highest BCUT2D eigenvalue weighted by Crippen LogP contribution is 2.62. The summed E-state index contributed by atoms with van der Waals surface area (Å²) in [5.74, 6) is -7.17. The minimum absolute atomic E-state index is 0.00918. The predicted molar refractivity (Wildman–Crippen MR) is 332 cm³/mol. The molecule has 0 aliphatic carbocycles. The van der Waals surface area contributed by atoms with Crippen LogP contribution in [0.25, 0.3) is 11.0 Å². The van der Waals surface area contributed by atoms with Crippen molar-refractivity contribution in [1.29, 1.82) is 0 Å². The van der Waals surface area contributed by atoms with Gasteiger partial charge in [-0.2, -0.15) is 4.57 Å². The number of phosphoric acid groups is 1. The van der Waals surface area contributed by atoms with E-state index in [1.807, 2.05) is 87.4 Å². The number of aromatic nitrogens is 2. The Balaban J connectivity index is 1.19. The number of phosphoric ester groups is 1. The van der Waals surface area contributed by atoms with E-state index in [9.17, 15) is 53.2 Å². The Hall–Kier alpha value is -7.00. The minimum atomic E-state index is -5.06. The molecule has 2 aromatic rings. The lowest BCUT2D eigenvalue weighted by Gasteiger charge is -2.48. The molecule has 6 aliphatic rings. The number of nitrogens with zero attached hydrogens (tertiary/aromatic N) is 4. The first-order chi connectivity index (χ1) is 41.8. The Bertz CT molecular complexity index is 3540. The summed E-state index contributed by atoms with van der Waals surface area (Å²) in [6.45, 7) is 19.3. The van der Waals surface area contributed by atoms with Crippen molar-refractivity contribution < 1.29 is 71.6 Å². The minimum Gasteiger partial charge on any atom is -0.394 e. The van der Waals surface area contributed by atoms with Crippen LogP contribution in [-0.4, -0.2) is 128 Å². The lowest BCUT2D eigenvalue weighted by molar-refractivity contribution is -0.743. The molecule has 2 fully saturated rings. The van der Waals surface area contributed by atoms with E-state index in [4.69, 9.17) is 63.2 Å². The summed E-state index contributed by atoms with van der Waals surface area (Å²) >= 11 is 0. The fourth-order valence-corrected chi connectivity index (χ4v) is 16.7. The highest BCUT2D eigenvalue weighted by molar-refractivity contribution is 7.47. The quantitative estimate of drug-likeness (QED) is 0.0476. The van der Waals surface area contributed by atoms with Gasteiger partial charge in [-0.3, -0.25) is 57.6 Å². The Morgan fingerprint density at radius 1 is 0.800 bits per heavy atom. The van der Waals surface area contributed by atoms with Gasteiger partial charge in [0, 0.05) is 131 Å². The van der Waals surface area contributed by atoms with Gasteiger partial charge in [-0.05, 0) is 108 Å². The topological polar surface area (TPSA) is 462 Å². The lowest BCUT2D eigenvalue weighted by Crippen LogP contribution is -2.56. The summed E-state index contributed by atoms with van der Waals surface area (Å²) in [6.07, 6.45) is -4.04. The van der Waals surface area contributed by atoms with Crippen LogP contribution in [0, 0.1) is 59.2 Å². The largest absolute Gasteiger partial charge is 0.472 e. The molecule has 492 valence electrons. The van der Waals surface area contributed by atoms with Crippen LogP contribution < -0.4 is 49.6 Å². The number of H-pyrrole nitrogens is 1. The van der Waals surface area contributed by atoms with Gasteiger partial charge in [-0.25, -0.2) is 9.55 Å². The number of nitrogens with two attached hydrogens (primary N) is 6. The molecular weight excluding hydrogens is 1180 g/mol. The Kier molecular flexibility index (Phi) is 19.6. The number of primary amides is 6. The molecule has 7 amide bonds. The second kappa shape index (κ2) is 25.6. The third-order valence-electron chi connectivity index (χ3n) is 20.7. The molecule has 15 atom stereocenters. The summed E-state index contributed by atoms with van der Waals surface area (Å²) in [5.41, 5.74) is 37.6. The number of hydrogen-bond donors (Lipinski definition) is 12. The Labute approximate surface area is 523 Å². The van der Waals surface area contributed by atoms with Crippen LogP contribution in [0.4, 0.5) is 0 Å². The van der Waals surface area contributed by atoms with Crippen molar-refractivity contribution in [3.05, 3.63) is 63.9 Å². The smallest absolute Gasteiger partial charge is 0.394 e. The van der Waals surface area contributed by atoms with E-state index in [1.54, 1.807) is 10.9 Å². The zero-order valence-electron chi connectivity index (χ0n) is 53.3. The SMILES string of the molecule is CC1=C2N=C(C=C3NC(=C(C)C4=NC(C)(C5N=C1C(C)(CCC(=O)NCC(C)OP(=O)(O)O[C@H]1[C@@H](O)[C@@H]([n+]6c[nH]c7cc(C)c(C)cc76)O[C@@H]1CO)C5CC(N)=O)C(C)(CC(N)=O)C4CCC(N)=O)C(C)(CC(N)=O)C3CCC(N)=O)C(C)(C)C2CCC(N)=O. The summed E-state index contributed by atoms with van der Waals surface area (Å²) in [4.78, 5) is 124. The Morgan fingerprint density at radius 2 is 1.40 bits per heavy atom. The monoisotopic (exact) mass is 1270 g/mol. The molecule has 6 aliphatic heterocycles. The van der Waals surface area contributed by atoms with Gasteiger partial charge in [-0.1, -0.05) is 34.6 Å². The number of aliphatic imine (C=N–C) groups is 3. The van der Waals surface area contributed by atoms with Gasteiger partial charge in [0.05, 0.1) is 24.3 Å². The van der Waals surface area contributed by atoms with Gasteiger partial charge in [0.2, 0.25) is 53.9 Å². The molecule has 0 saturated carbocycles. The summed E-state index contributed by atoms with van der Waals surface area (Å²) < 4.78 is 32.4. The molecule has 7 heterocycles. The molecule has 0 spiro atoms. The average Bonchev–Trinajstić information content (AvgIpc) is 1.53. The van der Waals surface area contributed by atoms with Crippen molar-refractivity contribution in [2.45, 2.75) is 189 Å². The fourth-order valence-electron chi connectivity index (χ4n) is 15.5. The summed E-state index contributed by atoms with van der Waals surface area (Å²) in [7, 11) is -5.06. The van der Waals surface area contributed by atoms with E-state index in [1.165, 1.54) is 6.92 Å². The number of nitrogens with one attached hydrogen (secondary N) is 3. The highest BCUT2D eigenvalue weighted by Gasteiger charge is 2.66. The number of benzene rings is 1. The molecule has 18 N–H and O–H groups in total. The first-order valence-electron chi connectivity index (χ1n) is 30.6. The standard InChI is InChI=1S/C62H90N13O14P/c1-29-20-39-40(21-30(29)2)75(28-70-39)57-52(84)53(41(27-76)87-57)89-90(85,86)88-31(3)26-69-49(83)18-19-59(8)37(22-46(66)80)56-62(11)61(10,25-48(68)82)36(14-17-45(65)79)51(74-62)33(5)55-60(9,24-47(67)81)34(12-15-43(63)77)38(71-55)23-42-58(6,7)35(13-16-44(64)78)50(72-42)32(4)54(59)73-56/h20-21,23,28,31,34-37,41,52-53,56-57,76,84H,12-19,22,24-27H2,1-11H3,(H15,63,64,65,66,67,68,69,71,72,73,74,77,78,79,80,81,82,83,85,86)/p+1/t31?,34?,35?,36?,37?,41-,52-,53-,56?,57+,59?,60?,61?,62?/m1/s1. The van der Waals surface area contributed by atoms with Gasteiger partial charge in [0.25, 0.3) is 0 Å². The maximum atomic E-state index is 14.4. The van der Waals surface area contributed by atoms with Crippen LogP contribution in [0.1, 0.15) is 150 Å². The summed E-state index contributed by atoms with van der Waals surface area (Å²) in [5, 5.41) is 28.2. The molecule has 8 bridgehead atoms. The van der Waals surface area contributed by atoms with Gasteiger partial charge in [0.15, 0.2) is 11.0 Å². The number of rotatable bonds is 26. The first kappa shape index (κ1) is 68.9. The van der Waals surface area contributed by atoms with Crippen molar-refractivity contribution in [3.8, 4) is 0 Å². The number of hydrogen-bond acceptors (Lipinski definition) is 17. The summed E-state index contributed by atoms with van der Waals surface area (Å²) in [6, 6.07) is 2.78. The molecule has 0 radical (unpaired) electrons. The predicted octanol–water partition coefficient (Wildman–Crippen LogP) is 2.58. The number of ether oxygens (including phenoxy) is 1. The van der Waals surface area contributed by atoms with Crippen LogP contribution in [0.5, 0.6) is 0 Å². The number of aliphatic hydroxyl groups excluding tert-OH is 2. The van der Waals surface area contributed by atoms with Crippen molar-refractivity contribution in [2.24, 2.45) is 94.7 Å². The molecule has 27 nitrogen and oxygen atoms in total. The number of allylic oxidation sites excluding steroid dienone is 6. The van der Waals surface area contributed by atoms with Crippen molar-refractivity contribution in [3.63, 3.8) is 0 Å².